The number of likely N-dealkylation sites (tertiary alicyclic amines) is 1. The zero-order valence-corrected chi connectivity index (χ0v) is 14.7. The zero-order chi connectivity index (χ0) is 19.8. The predicted octanol–water partition coefficient (Wildman–Crippen LogP) is 4.28. The SMILES string of the molecule is CC(=O)OC1C(=O)N(C(C)c2ccccc2)C1c1ccc(C(F)(F)F)cc1. The molecule has 0 saturated carbocycles. The Hall–Kier alpha value is -2.83. The van der Waals surface area contributed by atoms with Gasteiger partial charge in [-0.15, -0.1) is 0 Å². The fraction of sp³-hybridized carbons (Fsp3) is 0.300. The molecular formula is C20H18F3NO3. The van der Waals surface area contributed by atoms with Crippen LogP contribution in [0.25, 0.3) is 0 Å². The van der Waals surface area contributed by atoms with Crippen molar-refractivity contribution in [3.63, 3.8) is 0 Å². The molecule has 1 heterocycles. The highest BCUT2D eigenvalue weighted by molar-refractivity contribution is 5.91. The van der Waals surface area contributed by atoms with Crippen LogP contribution in [0.3, 0.4) is 0 Å². The van der Waals surface area contributed by atoms with Gasteiger partial charge in [-0.25, -0.2) is 0 Å². The van der Waals surface area contributed by atoms with Gasteiger partial charge in [-0.3, -0.25) is 9.59 Å². The average Bonchev–Trinajstić information content (AvgIpc) is 2.63. The number of ether oxygens (including phenoxy) is 1. The number of nitrogens with zero attached hydrogens (tertiary/aromatic N) is 1. The Morgan fingerprint density at radius 3 is 2.19 bits per heavy atom. The van der Waals surface area contributed by atoms with Crippen molar-refractivity contribution in [2.24, 2.45) is 0 Å². The van der Waals surface area contributed by atoms with Crippen molar-refractivity contribution in [2.75, 3.05) is 0 Å². The van der Waals surface area contributed by atoms with Gasteiger partial charge in [-0.05, 0) is 30.2 Å². The first kappa shape index (κ1) is 18.9. The lowest BCUT2D eigenvalue weighted by Gasteiger charge is -2.49. The van der Waals surface area contributed by atoms with Crippen molar-refractivity contribution in [1.29, 1.82) is 0 Å². The van der Waals surface area contributed by atoms with Crippen LogP contribution in [-0.2, 0) is 20.5 Å². The van der Waals surface area contributed by atoms with Gasteiger partial charge in [0, 0.05) is 6.92 Å². The molecule has 27 heavy (non-hydrogen) atoms. The number of hydrogen-bond acceptors (Lipinski definition) is 3. The minimum Gasteiger partial charge on any atom is -0.450 e. The van der Waals surface area contributed by atoms with E-state index in [-0.39, 0.29) is 11.9 Å². The molecule has 3 unspecified atom stereocenters. The van der Waals surface area contributed by atoms with E-state index < -0.39 is 29.9 Å². The number of benzene rings is 2. The van der Waals surface area contributed by atoms with E-state index in [4.69, 9.17) is 4.74 Å². The summed E-state index contributed by atoms with van der Waals surface area (Å²) in [5.74, 6) is -0.983. The van der Waals surface area contributed by atoms with Crippen LogP contribution < -0.4 is 0 Å². The fourth-order valence-corrected chi connectivity index (χ4v) is 3.31. The molecule has 1 aliphatic rings. The molecule has 4 nitrogen and oxygen atoms in total. The number of carbonyl (C=O) groups is 2. The Labute approximate surface area is 154 Å². The number of amides is 1. The maximum Gasteiger partial charge on any atom is 0.416 e. The van der Waals surface area contributed by atoms with Crippen LogP contribution >= 0.6 is 0 Å². The van der Waals surface area contributed by atoms with Crippen LogP contribution in [0.1, 0.15) is 42.6 Å². The number of esters is 1. The second-order valence-corrected chi connectivity index (χ2v) is 6.43. The first-order chi connectivity index (χ1) is 12.7. The largest absolute Gasteiger partial charge is 0.450 e. The van der Waals surface area contributed by atoms with E-state index in [1.165, 1.54) is 24.0 Å². The van der Waals surface area contributed by atoms with Gasteiger partial charge in [0.2, 0.25) is 6.10 Å². The molecule has 0 spiro atoms. The topological polar surface area (TPSA) is 46.6 Å². The molecule has 1 amide bonds. The van der Waals surface area contributed by atoms with E-state index in [1.807, 2.05) is 37.3 Å². The van der Waals surface area contributed by atoms with Gasteiger partial charge < -0.3 is 9.64 Å². The molecule has 1 saturated heterocycles. The lowest BCUT2D eigenvalue weighted by molar-refractivity contribution is -0.186. The minimum absolute atomic E-state index is 0.321. The van der Waals surface area contributed by atoms with E-state index in [1.54, 1.807) is 0 Å². The maximum absolute atomic E-state index is 12.8. The smallest absolute Gasteiger partial charge is 0.416 e. The molecule has 3 rings (SSSR count). The molecule has 3 atom stereocenters. The summed E-state index contributed by atoms with van der Waals surface area (Å²) < 4.78 is 43.6. The lowest BCUT2D eigenvalue weighted by atomic mass is 9.87. The summed E-state index contributed by atoms with van der Waals surface area (Å²) in [6.07, 6.45) is -5.48. The van der Waals surface area contributed by atoms with Gasteiger partial charge in [-0.2, -0.15) is 13.2 Å². The normalized spacial score (nSPS) is 20.8. The Bertz CT molecular complexity index is 834. The van der Waals surface area contributed by atoms with Gasteiger partial charge in [0.25, 0.3) is 5.91 Å². The third-order valence-corrected chi connectivity index (χ3v) is 4.66. The second-order valence-electron chi connectivity index (χ2n) is 6.43. The van der Waals surface area contributed by atoms with Gasteiger partial charge in [0.15, 0.2) is 0 Å². The number of alkyl halides is 3. The maximum atomic E-state index is 12.8. The molecule has 7 heteroatoms. The van der Waals surface area contributed by atoms with Gasteiger partial charge in [-0.1, -0.05) is 42.5 Å². The lowest BCUT2D eigenvalue weighted by Crippen LogP contribution is -2.60. The molecule has 0 aliphatic carbocycles. The third-order valence-electron chi connectivity index (χ3n) is 4.66. The summed E-state index contributed by atoms with van der Waals surface area (Å²) in [5.41, 5.74) is 0.587. The number of carbonyl (C=O) groups excluding carboxylic acids is 2. The molecule has 0 bridgehead atoms. The van der Waals surface area contributed by atoms with E-state index in [2.05, 4.69) is 0 Å². The molecular weight excluding hydrogens is 359 g/mol. The first-order valence-electron chi connectivity index (χ1n) is 8.41. The Morgan fingerprint density at radius 1 is 1.07 bits per heavy atom. The summed E-state index contributed by atoms with van der Waals surface area (Å²) in [5, 5.41) is 0. The third kappa shape index (κ3) is 3.67. The van der Waals surface area contributed by atoms with Crippen molar-refractivity contribution in [3.05, 3.63) is 71.3 Å². The summed E-state index contributed by atoms with van der Waals surface area (Å²) in [6, 6.07) is 12.9. The van der Waals surface area contributed by atoms with Crippen LogP contribution in [-0.4, -0.2) is 22.9 Å². The Balaban J connectivity index is 1.93. The van der Waals surface area contributed by atoms with Crippen LogP contribution in [0.5, 0.6) is 0 Å². The fourth-order valence-electron chi connectivity index (χ4n) is 3.31. The van der Waals surface area contributed by atoms with E-state index in [0.29, 0.717) is 5.56 Å². The van der Waals surface area contributed by atoms with Gasteiger partial charge in [0.1, 0.15) is 6.04 Å². The highest BCUT2D eigenvalue weighted by atomic mass is 19.4. The molecule has 142 valence electrons. The number of β-lactam (4-membered cyclic amide) rings is 1. The van der Waals surface area contributed by atoms with Crippen molar-refractivity contribution >= 4 is 11.9 Å². The van der Waals surface area contributed by atoms with Gasteiger partial charge >= 0.3 is 12.1 Å². The van der Waals surface area contributed by atoms with E-state index >= 15 is 0 Å². The standard InChI is InChI=1S/C20H18F3NO3/c1-12(14-6-4-3-5-7-14)24-17(18(19(24)26)27-13(2)25)15-8-10-16(11-9-15)20(21,22)23/h3-12,17-18H,1-2H3. The molecule has 1 aliphatic heterocycles. The van der Waals surface area contributed by atoms with Crippen molar-refractivity contribution in [2.45, 2.75) is 38.2 Å². The average molecular weight is 377 g/mol. The number of hydrogen-bond donors (Lipinski definition) is 0. The zero-order valence-electron chi connectivity index (χ0n) is 14.7. The van der Waals surface area contributed by atoms with E-state index in [9.17, 15) is 22.8 Å². The monoisotopic (exact) mass is 377 g/mol. The molecule has 0 radical (unpaired) electrons. The predicted molar refractivity (Wildman–Crippen MR) is 91.4 cm³/mol. The summed E-state index contributed by atoms with van der Waals surface area (Å²) in [7, 11) is 0. The Kier molecular flexibility index (Phi) is 4.95. The highest BCUT2D eigenvalue weighted by Gasteiger charge is 2.52. The molecule has 1 fully saturated rings. The summed E-state index contributed by atoms with van der Waals surface area (Å²) in [6.45, 7) is 3.02. The highest BCUT2D eigenvalue weighted by Crippen LogP contribution is 2.43. The molecule has 0 aromatic heterocycles. The second kappa shape index (κ2) is 7.06. The summed E-state index contributed by atoms with van der Waals surface area (Å²) >= 11 is 0. The van der Waals surface area contributed by atoms with Crippen LogP contribution in [0.15, 0.2) is 54.6 Å². The quantitative estimate of drug-likeness (QED) is 0.590. The molecule has 2 aromatic rings. The van der Waals surface area contributed by atoms with Crippen LogP contribution in [0, 0.1) is 0 Å². The van der Waals surface area contributed by atoms with Crippen LogP contribution in [0.2, 0.25) is 0 Å². The van der Waals surface area contributed by atoms with Crippen LogP contribution in [0.4, 0.5) is 13.2 Å². The number of rotatable bonds is 4. The van der Waals surface area contributed by atoms with Crippen molar-refractivity contribution < 1.29 is 27.5 Å². The van der Waals surface area contributed by atoms with Crippen molar-refractivity contribution in [1.82, 2.24) is 4.90 Å². The molecule has 0 N–H and O–H groups in total. The Morgan fingerprint density at radius 2 is 1.67 bits per heavy atom. The van der Waals surface area contributed by atoms with Crippen molar-refractivity contribution in [3.8, 4) is 0 Å². The summed E-state index contributed by atoms with van der Waals surface area (Å²) in [4.78, 5) is 25.5. The van der Waals surface area contributed by atoms with Gasteiger partial charge in [0.05, 0.1) is 11.6 Å². The van der Waals surface area contributed by atoms with E-state index in [0.717, 1.165) is 17.7 Å². The first-order valence-corrected chi connectivity index (χ1v) is 8.41. The molecule has 2 aromatic carbocycles. The minimum atomic E-state index is -4.44. The number of halogens is 3.